The van der Waals surface area contributed by atoms with Crippen molar-refractivity contribution in [2.24, 2.45) is 0 Å². The van der Waals surface area contributed by atoms with Crippen molar-refractivity contribution < 1.29 is 38.4 Å². The van der Waals surface area contributed by atoms with Crippen LogP contribution in [0, 0.1) is 0 Å². The van der Waals surface area contributed by atoms with Crippen LogP contribution in [-0.4, -0.2) is 103 Å². The first-order chi connectivity index (χ1) is 22.4. The van der Waals surface area contributed by atoms with E-state index in [-0.39, 0.29) is 24.2 Å². The van der Waals surface area contributed by atoms with Crippen LogP contribution in [0.15, 0.2) is 36.4 Å². The van der Waals surface area contributed by atoms with Gasteiger partial charge in [-0.2, -0.15) is 5.10 Å². The molecule has 1 aliphatic rings. The van der Waals surface area contributed by atoms with Crippen molar-refractivity contribution in [3.8, 4) is 28.5 Å². The Bertz CT molecular complexity index is 1430. The highest BCUT2D eigenvalue weighted by molar-refractivity contribution is 8.13. The van der Waals surface area contributed by atoms with Gasteiger partial charge in [0.05, 0.1) is 51.9 Å². The molecule has 12 nitrogen and oxygen atoms in total. The maximum atomic E-state index is 11.9. The number of hydrogen-bond acceptors (Lipinski definition) is 11. The van der Waals surface area contributed by atoms with Gasteiger partial charge < -0.3 is 39.0 Å². The third-order valence-corrected chi connectivity index (χ3v) is 7.91. The van der Waals surface area contributed by atoms with E-state index >= 15 is 0 Å². The Morgan fingerprint density at radius 2 is 1.78 bits per heavy atom. The number of rotatable bonds is 21. The summed E-state index contributed by atoms with van der Waals surface area (Å²) in [5.74, 6) is 3.29. The number of amides is 1. The Kier molecular flexibility index (Phi) is 14.0. The number of carbonyl (C=O) groups is 2. The summed E-state index contributed by atoms with van der Waals surface area (Å²) in [4.78, 5) is 24.9. The summed E-state index contributed by atoms with van der Waals surface area (Å²) in [5, 5.41) is 20.2. The van der Waals surface area contributed by atoms with E-state index < -0.39 is 0 Å². The second-order valence-corrected chi connectivity index (χ2v) is 11.6. The highest BCUT2D eigenvalue weighted by Gasteiger charge is 2.27. The van der Waals surface area contributed by atoms with Gasteiger partial charge in [-0.05, 0) is 36.8 Å². The first-order valence-corrected chi connectivity index (χ1v) is 16.6. The second kappa shape index (κ2) is 18.4. The van der Waals surface area contributed by atoms with Gasteiger partial charge in [0, 0.05) is 61.6 Å². The molecule has 0 spiro atoms. The smallest absolute Gasteiger partial charge is 0.222 e. The van der Waals surface area contributed by atoms with E-state index in [1.165, 1.54) is 16.7 Å². The number of H-pyrrole nitrogens is 1. The third kappa shape index (κ3) is 10.1. The number of thioether (sulfide) groups is 1. The molecule has 0 unspecified atom stereocenters. The maximum absolute atomic E-state index is 11.9. The number of ether oxygens (including phenoxy) is 5. The van der Waals surface area contributed by atoms with Gasteiger partial charge in [-0.1, -0.05) is 24.8 Å². The van der Waals surface area contributed by atoms with Gasteiger partial charge in [0.1, 0.15) is 12.4 Å². The predicted octanol–water partition coefficient (Wildman–Crippen LogP) is 4.42. The Morgan fingerprint density at radius 3 is 2.57 bits per heavy atom. The second-order valence-electron chi connectivity index (χ2n) is 10.5. The summed E-state index contributed by atoms with van der Waals surface area (Å²) in [6, 6.07) is 11.7. The molecule has 13 heteroatoms. The summed E-state index contributed by atoms with van der Waals surface area (Å²) in [6.07, 6.45) is 1.64. The SMILES string of the molecule is CCOc1cc2c(cc1OCCCO)-c1[nH]nc(Nc3cccc(OCCOCCOCCSC(=O)CN(C)C(=O)CC)c3)c1C2. The van der Waals surface area contributed by atoms with E-state index in [0.29, 0.717) is 88.5 Å². The highest BCUT2D eigenvalue weighted by Crippen LogP contribution is 2.44. The molecule has 1 amide bonds. The topological polar surface area (TPSA) is 144 Å². The first-order valence-electron chi connectivity index (χ1n) is 15.6. The standard InChI is InChI=1S/C33H44N4O8S/c1-4-30(39)37(3)22-31(40)46-17-16-42-13-12-41-14-15-44-25-9-6-8-24(20-25)34-33-27-18-23-19-28(43-5-2)29(45-11-7-10-38)21-26(23)32(27)35-36-33/h6,8-9,19-21,38H,4-5,7,10-18,22H2,1-3H3,(H2,34,35,36). The highest BCUT2D eigenvalue weighted by atomic mass is 32.2. The van der Waals surface area contributed by atoms with Crippen LogP contribution < -0.4 is 19.5 Å². The van der Waals surface area contributed by atoms with Crippen LogP contribution in [0.5, 0.6) is 17.2 Å². The normalized spacial score (nSPS) is 11.6. The molecule has 1 aliphatic carbocycles. The zero-order chi connectivity index (χ0) is 32.7. The molecule has 0 bridgehead atoms. The Hall–Kier alpha value is -3.78. The van der Waals surface area contributed by atoms with Crippen molar-refractivity contribution in [3.63, 3.8) is 0 Å². The molecule has 0 fully saturated rings. The molecule has 250 valence electrons. The summed E-state index contributed by atoms with van der Waals surface area (Å²) in [7, 11) is 1.63. The van der Waals surface area contributed by atoms with Crippen LogP contribution in [0.4, 0.5) is 11.5 Å². The molecule has 0 atom stereocenters. The number of hydrogen-bond donors (Lipinski definition) is 3. The van der Waals surface area contributed by atoms with Gasteiger partial charge in [-0.15, -0.1) is 0 Å². The van der Waals surface area contributed by atoms with E-state index in [4.69, 9.17) is 28.8 Å². The fraction of sp³-hybridized carbons (Fsp3) is 0.485. The molecular weight excluding hydrogens is 612 g/mol. The van der Waals surface area contributed by atoms with Crippen molar-refractivity contribution in [2.45, 2.75) is 33.1 Å². The summed E-state index contributed by atoms with van der Waals surface area (Å²) in [5.41, 5.74) is 5.01. The molecule has 2 aromatic carbocycles. The van der Waals surface area contributed by atoms with Crippen LogP contribution in [0.25, 0.3) is 11.3 Å². The molecule has 0 saturated heterocycles. The Balaban J connectivity index is 1.17. The lowest BCUT2D eigenvalue weighted by atomic mass is 10.1. The number of aromatic nitrogens is 2. The third-order valence-electron chi connectivity index (χ3n) is 7.08. The zero-order valence-electron chi connectivity index (χ0n) is 26.8. The van der Waals surface area contributed by atoms with Gasteiger partial charge >= 0.3 is 0 Å². The van der Waals surface area contributed by atoms with E-state index in [0.717, 1.165) is 33.9 Å². The minimum absolute atomic E-state index is 0.0471. The number of nitrogens with zero attached hydrogens (tertiary/aromatic N) is 2. The van der Waals surface area contributed by atoms with Gasteiger partial charge in [0.25, 0.3) is 0 Å². The first kappa shape index (κ1) is 35.1. The number of aromatic amines is 1. The number of nitrogens with one attached hydrogen (secondary N) is 2. The number of aliphatic hydroxyl groups excluding tert-OH is 1. The maximum Gasteiger partial charge on any atom is 0.222 e. The molecular formula is C33H44N4O8S. The average Bonchev–Trinajstić information content (AvgIpc) is 3.61. The van der Waals surface area contributed by atoms with Gasteiger partial charge in [0.15, 0.2) is 17.3 Å². The van der Waals surface area contributed by atoms with Crippen LogP contribution in [0.3, 0.4) is 0 Å². The van der Waals surface area contributed by atoms with Crippen molar-refractivity contribution in [3.05, 3.63) is 47.5 Å². The fourth-order valence-corrected chi connectivity index (χ4v) is 5.53. The minimum atomic E-state index is -0.0495. The lowest BCUT2D eigenvalue weighted by Gasteiger charge is -2.14. The number of aliphatic hydroxyl groups is 1. The van der Waals surface area contributed by atoms with Crippen LogP contribution in [0.2, 0.25) is 0 Å². The number of carbonyl (C=O) groups excluding carboxylic acids is 2. The lowest BCUT2D eigenvalue weighted by Crippen LogP contribution is -2.30. The number of likely N-dealkylation sites (N-methyl/N-ethyl adjacent to an activating group) is 1. The van der Waals surface area contributed by atoms with E-state index in [2.05, 4.69) is 15.5 Å². The van der Waals surface area contributed by atoms with Crippen molar-refractivity contribution in [2.75, 3.05) is 77.5 Å². The fourth-order valence-electron chi connectivity index (χ4n) is 4.82. The van der Waals surface area contributed by atoms with Gasteiger partial charge in [0.2, 0.25) is 11.0 Å². The van der Waals surface area contributed by atoms with Crippen LogP contribution >= 0.6 is 11.8 Å². The summed E-state index contributed by atoms with van der Waals surface area (Å²) < 4.78 is 28.7. The molecule has 0 saturated carbocycles. The quantitative estimate of drug-likeness (QED) is 0.110. The van der Waals surface area contributed by atoms with Crippen molar-refractivity contribution >= 4 is 34.3 Å². The number of benzene rings is 2. The summed E-state index contributed by atoms with van der Waals surface area (Å²) in [6.45, 7) is 6.90. The van der Waals surface area contributed by atoms with Crippen LogP contribution in [0.1, 0.15) is 37.8 Å². The Morgan fingerprint density at radius 1 is 1.00 bits per heavy atom. The van der Waals surface area contributed by atoms with Crippen molar-refractivity contribution in [1.29, 1.82) is 0 Å². The lowest BCUT2D eigenvalue weighted by molar-refractivity contribution is -0.131. The predicted molar refractivity (Wildman–Crippen MR) is 177 cm³/mol. The molecule has 0 aliphatic heterocycles. The minimum Gasteiger partial charge on any atom is -0.491 e. The molecule has 0 radical (unpaired) electrons. The molecule has 1 heterocycles. The number of anilines is 2. The molecule has 1 aromatic heterocycles. The number of fused-ring (bicyclic) bond motifs is 3. The summed E-state index contributed by atoms with van der Waals surface area (Å²) >= 11 is 1.17. The largest absolute Gasteiger partial charge is 0.491 e. The van der Waals surface area contributed by atoms with Gasteiger partial charge in [-0.3, -0.25) is 14.7 Å². The van der Waals surface area contributed by atoms with Crippen LogP contribution in [-0.2, 0) is 25.5 Å². The molecule has 3 aromatic rings. The molecule has 3 N–H and O–H groups in total. The van der Waals surface area contributed by atoms with E-state index in [9.17, 15) is 9.59 Å². The van der Waals surface area contributed by atoms with Crippen molar-refractivity contribution in [1.82, 2.24) is 15.1 Å². The Labute approximate surface area is 274 Å². The monoisotopic (exact) mass is 656 g/mol. The van der Waals surface area contributed by atoms with E-state index in [1.807, 2.05) is 43.3 Å². The van der Waals surface area contributed by atoms with Gasteiger partial charge in [-0.25, -0.2) is 0 Å². The molecule has 4 rings (SSSR count). The zero-order valence-corrected chi connectivity index (χ0v) is 27.6. The van der Waals surface area contributed by atoms with E-state index in [1.54, 1.807) is 14.0 Å². The average molecular weight is 657 g/mol. The molecule has 46 heavy (non-hydrogen) atoms.